The number of aliphatic hydroxyl groups is 1. The lowest BCUT2D eigenvalue weighted by molar-refractivity contribution is -0.119. The maximum absolute atomic E-state index is 11.5. The minimum Gasteiger partial charge on any atom is -0.394 e. The third-order valence-electron chi connectivity index (χ3n) is 2.78. The molecule has 5 nitrogen and oxygen atoms in total. The van der Waals surface area contributed by atoms with Gasteiger partial charge in [-0.3, -0.25) is 4.79 Å². The van der Waals surface area contributed by atoms with Crippen LogP contribution in [0.4, 0.5) is 0 Å². The van der Waals surface area contributed by atoms with Gasteiger partial charge in [-0.15, -0.1) is 0 Å². The smallest absolute Gasteiger partial charge is 0.132 e. The Kier molecular flexibility index (Phi) is 16.2. The van der Waals surface area contributed by atoms with E-state index in [1.807, 2.05) is 0 Å². The third-order valence-corrected chi connectivity index (χ3v) is 2.78. The summed E-state index contributed by atoms with van der Waals surface area (Å²) in [6.07, 6.45) is 5.44. The highest BCUT2D eigenvalue weighted by molar-refractivity contribution is 5.78. The van der Waals surface area contributed by atoms with Gasteiger partial charge in [0.25, 0.3) is 0 Å². The molecule has 0 aromatic carbocycles. The van der Waals surface area contributed by atoms with Crippen molar-refractivity contribution in [3.05, 3.63) is 0 Å². The molecule has 0 bridgehead atoms. The lowest BCUT2D eigenvalue weighted by Crippen LogP contribution is -2.11. The van der Waals surface area contributed by atoms with Gasteiger partial charge in [0.2, 0.25) is 0 Å². The fourth-order valence-corrected chi connectivity index (χ4v) is 1.68. The second-order valence-corrected chi connectivity index (χ2v) is 4.66. The van der Waals surface area contributed by atoms with Crippen LogP contribution in [-0.2, 0) is 19.0 Å². The molecule has 0 unspecified atom stereocenters. The Balaban J connectivity index is 3.07. The minimum absolute atomic E-state index is 0.0419. The van der Waals surface area contributed by atoms with Gasteiger partial charge < -0.3 is 19.3 Å². The van der Waals surface area contributed by atoms with E-state index >= 15 is 0 Å². The number of hydrogen-bond acceptors (Lipinski definition) is 5. The summed E-state index contributed by atoms with van der Waals surface area (Å²) in [6.45, 7) is 5.23. The molecule has 0 aromatic heterocycles. The van der Waals surface area contributed by atoms with E-state index in [0.29, 0.717) is 58.3 Å². The van der Waals surface area contributed by atoms with Crippen LogP contribution in [0, 0.1) is 0 Å². The molecule has 0 aromatic rings. The molecule has 0 amide bonds. The van der Waals surface area contributed by atoms with Crippen molar-refractivity contribution < 1.29 is 24.1 Å². The SMILES string of the molecule is CCCCCC(=O)CCCOCCOCCOCCO. The monoisotopic (exact) mass is 290 g/mol. The summed E-state index contributed by atoms with van der Waals surface area (Å²) in [4.78, 5) is 11.5. The van der Waals surface area contributed by atoms with Gasteiger partial charge in [-0.25, -0.2) is 0 Å². The average Bonchev–Trinajstić information content (AvgIpc) is 2.45. The van der Waals surface area contributed by atoms with Gasteiger partial charge in [-0.2, -0.15) is 0 Å². The van der Waals surface area contributed by atoms with Crippen LogP contribution in [0.2, 0.25) is 0 Å². The lowest BCUT2D eigenvalue weighted by atomic mass is 10.1. The maximum Gasteiger partial charge on any atom is 0.132 e. The van der Waals surface area contributed by atoms with Gasteiger partial charge >= 0.3 is 0 Å². The van der Waals surface area contributed by atoms with Crippen LogP contribution in [0.25, 0.3) is 0 Å². The number of aliphatic hydroxyl groups excluding tert-OH is 1. The summed E-state index contributed by atoms with van der Waals surface area (Å²) in [5.74, 6) is 0.347. The molecule has 0 radical (unpaired) electrons. The number of ether oxygens (including phenoxy) is 3. The molecule has 0 aliphatic carbocycles. The van der Waals surface area contributed by atoms with Crippen LogP contribution < -0.4 is 0 Å². The first kappa shape index (κ1) is 19.5. The molecule has 20 heavy (non-hydrogen) atoms. The van der Waals surface area contributed by atoms with Gasteiger partial charge in [-0.1, -0.05) is 19.8 Å². The Morgan fingerprint density at radius 3 is 1.95 bits per heavy atom. The van der Waals surface area contributed by atoms with Gasteiger partial charge in [0.1, 0.15) is 5.78 Å². The Bertz CT molecular complexity index is 208. The van der Waals surface area contributed by atoms with E-state index in [-0.39, 0.29) is 6.61 Å². The zero-order valence-corrected chi connectivity index (χ0v) is 12.8. The number of unbranched alkanes of at least 4 members (excludes halogenated alkanes) is 2. The Morgan fingerprint density at radius 2 is 1.35 bits per heavy atom. The van der Waals surface area contributed by atoms with Crippen molar-refractivity contribution in [2.75, 3.05) is 46.2 Å². The number of rotatable bonds is 16. The number of Topliss-reactive ketones (excluding diaryl/α,β-unsaturated/α-hetero) is 1. The first-order valence-electron chi connectivity index (χ1n) is 7.67. The van der Waals surface area contributed by atoms with E-state index in [1.54, 1.807) is 0 Å². The summed E-state index contributed by atoms with van der Waals surface area (Å²) in [5, 5.41) is 8.48. The van der Waals surface area contributed by atoms with E-state index in [9.17, 15) is 4.79 Å². The predicted octanol–water partition coefficient (Wildman–Crippen LogP) is 1.96. The molecule has 1 N–H and O–H groups in total. The highest BCUT2D eigenvalue weighted by Crippen LogP contribution is 2.03. The van der Waals surface area contributed by atoms with E-state index in [2.05, 4.69) is 6.92 Å². The number of carbonyl (C=O) groups is 1. The fourth-order valence-electron chi connectivity index (χ4n) is 1.68. The molecular formula is C15H30O5. The molecule has 5 heteroatoms. The number of carbonyl (C=O) groups excluding carboxylic acids is 1. The Morgan fingerprint density at radius 1 is 0.800 bits per heavy atom. The lowest BCUT2D eigenvalue weighted by Gasteiger charge is -2.06. The van der Waals surface area contributed by atoms with E-state index < -0.39 is 0 Å². The van der Waals surface area contributed by atoms with Gasteiger partial charge in [0.15, 0.2) is 0 Å². The van der Waals surface area contributed by atoms with Crippen molar-refractivity contribution in [2.45, 2.75) is 45.4 Å². The van der Waals surface area contributed by atoms with Crippen LogP contribution in [0.1, 0.15) is 45.4 Å². The zero-order valence-electron chi connectivity index (χ0n) is 12.8. The highest BCUT2D eigenvalue weighted by atomic mass is 16.5. The molecule has 0 saturated carbocycles. The summed E-state index contributed by atoms with van der Waals surface area (Å²) >= 11 is 0. The summed E-state index contributed by atoms with van der Waals surface area (Å²) in [5.41, 5.74) is 0. The largest absolute Gasteiger partial charge is 0.394 e. The number of hydrogen-bond donors (Lipinski definition) is 1. The van der Waals surface area contributed by atoms with E-state index in [1.165, 1.54) is 0 Å². The normalized spacial score (nSPS) is 10.9. The molecular weight excluding hydrogens is 260 g/mol. The summed E-state index contributed by atoms with van der Waals surface area (Å²) in [7, 11) is 0. The Labute approximate surface area is 122 Å². The summed E-state index contributed by atoms with van der Waals surface area (Å²) in [6, 6.07) is 0. The molecule has 0 saturated heterocycles. The van der Waals surface area contributed by atoms with Gasteiger partial charge in [-0.05, 0) is 12.8 Å². The fraction of sp³-hybridized carbons (Fsp3) is 0.933. The maximum atomic E-state index is 11.5. The average molecular weight is 290 g/mol. The van der Waals surface area contributed by atoms with Crippen molar-refractivity contribution in [2.24, 2.45) is 0 Å². The first-order chi connectivity index (χ1) is 9.81. The van der Waals surface area contributed by atoms with Crippen LogP contribution in [0.3, 0.4) is 0 Å². The number of ketones is 1. The van der Waals surface area contributed by atoms with Crippen LogP contribution in [-0.4, -0.2) is 57.1 Å². The standard InChI is InChI=1S/C15H30O5/c1-2-3-4-6-15(17)7-5-9-18-11-13-20-14-12-19-10-8-16/h16H,2-14H2,1H3. The molecule has 0 aliphatic rings. The molecule has 0 rings (SSSR count). The Hall–Kier alpha value is -0.490. The molecule has 0 aliphatic heterocycles. The van der Waals surface area contributed by atoms with E-state index in [0.717, 1.165) is 25.7 Å². The molecule has 120 valence electrons. The zero-order chi connectivity index (χ0) is 14.9. The minimum atomic E-state index is 0.0419. The molecule has 0 atom stereocenters. The van der Waals surface area contributed by atoms with Crippen molar-refractivity contribution in [1.82, 2.24) is 0 Å². The van der Waals surface area contributed by atoms with Crippen LogP contribution >= 0.6 is 0 Å². The van der Waals surface area contributed by atoms with E-state index in [4.69, 9.17) is 19.3 Å². The second-order valence-electron chi connectivity index (χ2n) is 4.66. The van der Waals surface area contributed by atoms with Crippen molar-refractivity contribution >= 4 is 5.78 Å². The van der Waals surface area contributed by atoms with Gasteiger partial charge in [0, 0.05) is 19.4 Å². The predicted molar refractivity (Wildman–Crippen MR) is 77.9 cm³/mol. The molecule has 0 spiro atoms. The third kappa shape index (κ3) is 15.6. The topological polar surface area (TPSA) is 65.0 Å². The van der Waals surface area contributed by atoms with Crippen LogP contribution in [0.5, 0.6) is 0 Å². The van der Waals surface area contributed by atoms with Crippen molar-refractivity contribution in [3.63, 3.8) is 0 Å². The van der Waals surface area contributed by atoms with Crippen LogP contribution in [0.15, 0.2) is 0 Å². The van der Waals surface area contributed by atoms with Crippen molar-refractivity contribution in [3.8, 4) is 0 Å². The van der Waals surface area contributed by atoms with Crippen molar-refractivity contribution in [1.29, 1.82) is 0 Å². The second kappa shape index (κ2) is 16.6. The highest BCUT2D eigenvalue weighted by Gasteiger charge is 2.01. The quantitative estimate of drug-likeness (QED) is 0.440. The van der Waals surface area contributed by atoms with Gasteiger partial charge in [0.05, 0.1) is 39.6 Å². The summed E-state index contributed by atoms with van der Waals surface area (Å²) < 4.78 is 15.7. The molecule has 0 heterocycles. The first-order valence-corrected chi connectivity index (χ1v) is 7.67. The molecule has 0 fully saturated rings.